The van der Waals surface area contributed by atoms with Gasteiger partial charge in [0.05, 0.1) is 0 Å². The minimum absolute atomic E-state index is 0. The highest BCUT2D eigenvalue weighted by Gasteiger charge is 2.31. The Balaban J connectivity index is 0.000000377. The number of aromatic nitrogens is 4. The Kier molecular flexibility index (Phi) is 12.8. The molecule has 18 heteroatoms. The summed E-state index contributed by atoms with van der Waals surface area (Å²) < 4.78 is 88.9. The van der Waals surface area contributed by atoms with Crippen LogP contribution in [0.1, 0.15) is 30.9 Å². The van der Waals surface area contributed by atoms with Gasteiger partial charge in [-0.3, -0.25) is 4.79 Å². The lowest BCUT2D eigenvalue weighted by atomic mass is 10.2. The number of nitrogens with zero attached hydrogens (tertiary/aromatic N) is 4. The minimum atomic E-state index is -4.75. The van der Waals surface area contributed by atoms with E-state index < -0.39 is 18.6 Å². The fourth-order valence-electron chi connectivity index (χ4n) is 2.67. The number of halogens is 6. The van der Waals surface area contributed by atoms with Crippen molar-refractivity contribution in [3.8, 4) is 34.3 Å². The standard InChI is InChI=1S/C11H8F3N3O3.C11H9F3N2O2.CO2.CH4/c1-15-9(18)10-16-8(17-20-10)6-2-4-7(5-3-6)19-11(12,13)14;1-2-9-15-10(16-18-9)7-3-5-8(6-4-7)17-11(12,13)14;2-1-3;/h2-5H,1H3,(H,15,18);3-6H,2H2,1H3;;1H4. The van der Waals surface area contributed by atoms with Crippen LogP contribution >= 0.6 is 0 Å². The predicted octanol–water partition coefficient (Wildman–Crippen LogP) is 5.25. The van der Waals surface area contributed by atoms with Crippen molar-refractivity contribution in [3.63, 3.8) is 0 Å². The summed E-state index contributed by atoms with van der Waals surface area (Å²) >= 11 is 0. The van der Waals surface area contributed by atoms with Crippen LogP contribution in [0.4, 0.5) is 26.3 Å². The normalized spacial score (nSPS) is 10.5. The van der Waals surface area contributed by atoms with E-state index in [1.54, 1.807) is 0 Å². The molecule has 1 amide bonds. The van der Waals surface area contributed by atoms with Gasteiger partial charge in [0.15, 0.2) is 0 Å². The molecule has 2 heterocycles. The van der Waals surface area contributed by atoms with Crippen molar-refractivity contribution in [1.29, 1.82) is 0 Å². The first-order valence-corrected chi connectivity index (χ1v) is 10.9. The van der Waals surface area contributed by atoms with Crippen LogP contribution < -0.4 is 14.8 Å². The molecule has 0 aliphatic heterocycles. The van der Waals surface area contributed by atoms with Crippen LogP contribution in [-0.2, 0) is 16.0 Å². The van der Waals surface area contributed by atoms with E-state index in [2.05, 4.69) is 35.1 Å². The van der Waals surface area contributed by atoms with E-state index in [-0.39, 0.29) is 36.8 Å². The summed E-state index contributed by atoms with van der Waals surface area (Å²) in [4.78, 5) is 35.3. The highest BCUT2D eigenvalue weighted by molar-refractivity contribution is 5.89. The molecule has 1 N–H and O–H groups in total. The molecule has 0 aliphatic carbocycles. The van der Waals surface area contributed by atoms with Gasteiger partial charge in [0, 0.05) is 24.6 Å². The molecule has 4 aromatic rings. The third-order valence-corrected chi connectivity index (χ3v) is 4.31. The zero-order valence-electron chi connectivity index (χ0n) is 20.7. The number of hydrogen-bond donors (Lipinski definition) is 1. The number of benzene rings is 2. The number of carbonyl (C=O) groups excluding carboxylic acids is 3. The number of nitrogens with one attached hydrogen (secondary N) is 1. The fraction of sp³-hybridized carbons (Fsp3) is 0.250. The van der Waals surface area contributed by atoms with Gasteiger partial charge in [-0.25, -0.2) is 0 Å². The van der Waals surface area contributed by atoms with Gasteiger partial charge < -0.3 is 23.8 Å². The zero-order chi connectivity index (χ0) is 30.6. The molecule has 0 fully saturated rings. The van der Waals surface area contributed by atoms with Gasteiger partial charge in [-0.2, -0.15) is 19.6 Å². The van der Waals surface area contributed by atoms with Gasteiger partial charge in [0.1, 0.15) is 11.5 Å². The Morgan fingerprint density at radius 1 is 0.810 bits per heavy atom. The second-order valence-electron chi connectivity index (χ2n) is 7.10. The summed E-state index contributed by atoms with van der Waals surface area (Å²) in [5.74, 6) is -0.547. The average molecular weight is 605 g/mol. The predicted molar refractivity (Wildman–Crippen MR) is 127 cm³/mol. The molecule has 0 radical (unpaired) electrons. The van der Waals surface area contributed by atoms with Gasteiger partial charge in [-0.05, 0) is 48.5 Å². The quantitative estimate of drug-likeness (QED) is 0.286. The number of amides is 1. The SMILES string of the molecule is C.CCc1nc(-c2ccc(OC(F)(F)F)cc2)no1.CNC(=O)c1nc(-c2ccc(OC(F)(F)F)cc2)no1.O=C=O. The topological polar surface area (TPSA) is 160 Å². The van der Waals surface area contributed by atoms with Crippen molar-refractivity contribution in [3.05, 3.63) is 60.3 Å². The highest BCUT2D eigenvalue weighted by Crippen LogP contribution is 2.26. The van der Waals surface area contributed by atoms with E-state index in [0.29, 0.717) is 29.3 Å². The first kappa shape index (κ1) is 34.8. The number of hydrogen-bond acceptors (Lipinski definition) is 11. The van der Waals surface area contributed by atoms with Crippen LogP contribution in [0.5, 0.6) is 11.5 Å². The molecule has 12 nitrogen and oxygen atoms in total. The Labute approximate surface area is 232 Å². The Morgan fingerprint density at radius 2 is 1.21 bits per heavy atom. The smallest absolute Gasteiger partial charge is 0.406 e. The van der Waals surface area contributed by atoms with Gasteiger partial charge >= 0.3 is 30.7 Å². The van der Waals surface area contributed by atoms with Crippen LogP contribution in [-0.4, -0.2) is 52.1 Å². The van der Waals surface area contributed by atoms with E-state index in [4.69, 9.17) is 18.6 Å². The maximum absolute atomic E-state index is 12.0. The van der Waals surface area contributed by atoms with Crippen molar-refractivity contribution >= 4 is 12.1 Å². The number of alkyl halides is 6. The summed E-state index contributed by atoms with van der Waals surface area (Å²) in [7, 11) is 1.40. The number of ether oxygens (including phenoxy) is 2. The van der Waals surface area contributed by atoms with Gasteiger partial charge in [-0.15, -0.1) is 26.3 Å². The maximum atomic E-state index is 12.0. The molecule has 0 aliphatic rings. The molecule has 0 saturated heterocycles. The fourth-order valence-corrected chi connectivity index (χ4v) is 2.67. The molecule has 4 rings (SSSR count). The average Bonchev–Trinajstić information content (AvgIpc) is 3.59. The second-order valence-corrected chi connectivity index (χ2v) is 7.10. The largest absolute Gasteiger partial charge is 0.573 e. The molecular formula is C24H21F6N5O7. The molecule has 42 heavy (non-hydrogen) atoms. The zero-order valence-corrected chi connectivity index (χ0v) is 20.7. The molecule has 2 aromatic heterocycles. The second kappa shape index (κ2) is 15.5. The summed E-state index contributed by atoms with van der Waals surface area (Å²) in [6, 6.07) is 10.1. The summed E-state index contributed by atoms with van der Waals surface area (Å²) in [5, 5.41) is 9.56. The van der Waals surface area contributed by atoms with E-state index >= 15 is 0 Å². The summed E-state index contributed by atoms with van der Waals surface area (Å²) in [6.07, 6.45) is -8.59. The van der Waals surface area contributed by atoms with Crippen LogP contribution in [0.3, 0.4) is 0 Å². The molecule has 0 bridgehead atoms. The van der Waals surface area contributed by atoms with Gasteiger partial charge in [0.25, 0.3) is 0 Å². The molecule has 2 aromatic carbocycles. The molecule has 0 saturated carbocycles. The summed E-state index contributed by atoms with van der Waals surface area (Å²) in [6.45, 7) is 1.86. The van der Waals surface area contributed by atoms with Crippen molar-refractivity contribution in [2.24, 2.45) is 0 Å². The molecule has 0 spiro atoms. The molecule has 226 valence electrons. The lowest BCUT2D eigenvalue weighted by Crippen LogP contribution is -2.18. The maximum Gasteiger partial charge on any atom is 0.573 e. The molecule has 0 unspecified atom stereocenters. The lowest BCUT2D eigenvalue weighted by Gasteiger charge is -2.08. The van der Waals surface area contributed by atoms with E-state index in [0.717, 1.165) is 12.1 Å². The van der Waals surface area contributed by atoms with E-state index in [9.17, 15) is 31.1 Å². The minimum Gasteiger partial charge on any atom is -0.406 e. The van der Waals surface area contributed by atoms with Gasteiger partial charge in [-0.1, -0.05) is 24.7 Å². The molecular weight excluding hydrogens is 584 g/mol. The Bertz CT molecular complexity index is 1430. The molecule has 0 atom stereocenters. The number of rotatable bonds is 6. The lowest BCUT2D eigenvalue weighted by molar-refractivity contribution is -0.275. The van der Waals surface area contributed by atoms with Crippen molar-refractivity contribution < 1.29 is 59.2 Å². The van der Waals surface area contributed by atoms with Gasteiger partial charge in [0.2, 0.25) is 17.5 Å². The first-order valence-electron chi connectivity index (χ1n) is 10.9. The third-order valence-electron chi connectivity index (χ3n) is 4.31. The Morgan fingerprint density at radius 3 is 1.57 bits per heavy atom. The third kappa shape index (κ3) is 11.5. The van der Waals surface area contributed by atoms with Crippen LogP contribution in [0.15, 0.2) is 57.6 Å². The van der Waals surface area contributed by atoms with Crippen molar-refractivity contribution in [2.45, 2.75) is 33.5 Å². The van der Waals surface area contributed by atoms with Crippen LogP contribution in [0, 0.1) is 0 Å². The van der Waals surface area contributed by atoms with Crippen LogP contribution in [0.25, 0.3) is 22.8 Å². The van der Waals surface area contributed by atoms with E-state index in [1.807, 2.05) is 6.92 Å². The van der Waals surface area contributed by atoms with Crippen molar-refractivity contribution in [1.82, 2.24) is 25.6 Å². The van der Waals surface area contributed by atoms with E-state index in [1.165, 1.54) is 43.4 Å². The Hall–Kier alpha value is -5.25. The monoisotopic (exact) mass is 605 g/mol. The number of carbonyl (C=O) groups is 1. The van der Waals surface area contributed by atoms with Crippen LogP contribution in [0.2, 0.25) is 0 Å². The summed E-state index contributed by atoms with van der Waals surface area (Å²) in [5.41, 5.74) is 0.950. The highest BCUT2D eigenvalue weighted by atomic mass is 19.4. The van der Waals surface area contributed by atoms with Crippen molar-refractivity contribution in [2.75, 3.05) is 7.05 Å². The number of aryl methyl sites for hydroxylation is 1. The first-order chi connectivity index (χ1) is 19.3.